The molecule has 0 radical (unpaired) electrons. The first-order chi connectivity index (χ1) is 13.2. The third-order valence-electron chi connectivity index (χ3n) is 3.66. The molecule has 0 bridgehead atoms. The molecule has 0 saturated carbocycles. The fraction of sp³-hybridized carbons (Fsp3) is 0.278. The Labute approximate surface area is 179 Å². The van der Waals surface area contributed by atoms with Crippen LogP contribution in [0.4, 0.5) is 5.69 Å². The van der Waals surface area contributed by atoms with Crippen molar-refractivity contribution in [2.75, 3.05) is 25.0 Å². The first-order valence-electron chi connectivity index (χ1n) is 8.35. The minimum absolute atomic E-state index is 0.0265. The molecule has 2 rings (SSSR count). The summed E-state index contributed by atoms with van der Waals surface area (Å²) in [5.74, 6) is -0.137. The predicted octanol–water partition coefficient (Wildman–Crippen LogP) is 4.69. The van der Waals surface area contributed by atoms with Gasteiger partial charge in [-0.15, -0.1) is 0 Å². The van der Waals surface area contributed by atoms with E-state index in [4.69, 9.17) is 39.5 Å². The van der Waals surface area contributed by atoms with Gasteiger partial charge in [0.15, 0.2) is 0 Å². The number of amides is 1. The summed E-state index contributed by atoms with van der Waals surface area (Å²) < 4.78 is 32.1. The van der Waals surface area contributed by atoms with Gasteiger partial charge in [-0.05, 0) is 43.3 Å². The van der Waals surface area contributed by atoms with Crippen LogP contribution in [0.5, 0.6) is 5.75 Å². The number of benzene rings is 2. The van der Waals surface area contributed by atoms with Crippen molar-refractivity contribution in [1.29, 1.82) is 0 Å². The van der Waals surface area contributed by atoms with Crippen LogP contribution in [-0.4, -0.2) is 38.3 Å². The average Bonchev–Trinajstić information content (AvgIpc) is 2.60. The maximum Gasteiger partial charge on any atom is 0.243 e. The van der Waals surface area contributed by atoms with E-state index < -0.39 is 15.9 Å². The molecule has 28 heavy (non-hydrogen) atoms. The molecule has 2 aromatic rings. The third kappa shape index (κ3) is 5.75. The van der Waals surface area contributed by atoms with E-state index in [1.807, 2.05) is 0 Å². The lowest BCUT2D eigenvalue weighted by Gasteiger charge is -2.20. The fourth-order valence-corrected chi connectivity index (χ4v) is 4.67. The Kier molecular flexibility index (Phi) is 7.97. The highest BCUT2D eigenvalue weighted by atomic mass is 35.5. The fourth-order valence-electron chi connectivity index (χ4n) is 2.42. The maximum absolute atomic E-state index is 12.9. The maximum atomic E-state index is 12.9. The molecule has 152 valence electrons. The zero-order valence-corrected chi connectivity index (χ0v) is 18.3. The van der Waals surface area contributed by atoms with Crippen LogP contribution in [0, 0.1) is 0 Å². The van der Waals surface area contributed by atoms with Crippen LogP contribution in [0.15, 0.2) is 41.3 Å². The number of sulfonamides is 1. The number of ether oxygens (including phenoxy) is 1. The molecule has 0 heterocycles. The second-order valence-electron chi connectivity index (χ2n) is 5.66. The SMILES string of the molecule is CCOc1ccc(S(=O)(=O)N(CC)CC(=O)Nc2cc(Cl)cc(Cl)c2)cc1Cl. The van der Waals surface area contributed by atoms with Crippen LogP contribution < -0.4 is 10.1 Å². The van der Waals surface area contributed by atoms with E-state index >= 15 is 0 Å². The van der Waals surface area contributed by atoms with E-state index in [1.165, 1.54) is 36.4 Å². The molecule has 10 heteroatoms. The van der Waals surface area contributed by atoms with Crippen molar-refractivity contribution in [3.05, 3.63) is 51.5 Å². The highest BCUT2D eigenvalue weighted by Crippen LogP contribution is 2.29. The Balaban J connectivity index is 2.18. The second-order valence-corrected chi connectivity index (χ2v) is 8.88. The molecular weight excluding hydrogens is 447 g/mol. The lowest BCUT2D eigenvalue weighted by atomic mass is 10.3. The van der Waals surface area contributed by atoms with Crippen LogP contribution in [0.1, 0.15) is 13.8 Å². The Morgan fingerprint density at radius 2 is 1.71 bits per heavy atom. The molecule has 1 amide bonds. The standard InChI is InChI=1S/C18H19Cl3N2O4S/c1-3-23(11-18(24)22-14-8-12(19)7-13(20)9-14)28(25,26)15-5-6-17(27-4-2)16(21)10-15/h5-10H,3-4,11H2,1-2H3,(H,22,24). The van der Waals surface area contributed by atoms with Crippen molar-refractivity contribution in [3.63, 3.8) is 0 Å². The number of nitrogens with one attached hydrogen (secondary N) is 1. The monoisotopic (exact) mass is 464 g/mol. The Hall–Kier alpha value is -1.51. The topological polar surface area (TPSA) is 75.7 Å². The molecule has 0 unspecified atom stereocenters. The molecule has 0 fully saturated rings. The summed E-state index contributed by atoms with van der Waals surface area (Å²) >= 11 is 17.9. The summed E-state index contributed by atoms with van der Waals surface area (Å²) in [6, 6.07) is 8.74. The smallest absolute Gasteiger partial charge is 0.243 e. The Morgan fingerprint density at radius 1 is 1.07 bits per heavy atom. The molecule has 0 aliphatic heterocycles. The summed E-state index contributed by atoms with van der Waals surface area (Å²) in [7, 11) is -3.93. The number of likely N-dealkylation sites (N-methyl/N-ethyl adjacent to an activating group) is 1. The van der Waals surface area contributed by atoms with Gasteiger partial charge < -0.3 is 10.1 Å². The van der Waals surface area contributed by atoms with Gasteiger partial charge in [0.1, 0.15) is 5.75 Å². The van der Waals surface area contributed by atoms with Crippen molar-refractivity contribution in [2.24, 2.45) is 0 Å². The van der Waals surface area contributed by atoms with E-state index in [1.54, 1.807) is 13.8 Å². The summed E-state index contributed by atoms with van der Waals surface area (Å²) in [6.45, 7) is 3.55. The summed E-state index contributed by atoms with van der Waals surface area (Å²) in [4.78, 5) is 12.3. The molecule has 0 aromatic heterocycles. The van der Waals surface area contributed by atoms with Gasteiger partial charge in [0.05, 0.1) is 23.1 Å². The second kappa shape index (κ2) is 9.80. The van der Waals surface area contributed by atoms with Gasteiger partial charge in [-0.2, -0.15) is 4.31 Å². The predicted molar refractivity (Wildman–Crippen MR) is 112 cm³/mol. The van der Waals surface area contributed by atoms with Gasteiger partial charge in [-0.1, -0.05) is 41.7 Å². The number of hydrogen-bond donors (Lipinski definition) is 1. The molecule has 1 N–H and O–H groups in total. The van der Waals surface area contributed by atoms with Crippen LogP contribution in [0.3, 0.4) is 0 Å². The molecule has 0 spiro atoms. The molecule has 2 aromatic carbocycles. The molecule has 6 nitrogen and oxygen atoms in total. The summed E-state index contributed by atoms with van der Waals surface area (Å²) in [6.07, 6.45) is 0. The van der Waals surface area contributed by atoms with E-state index in [0.717, 1.165) is 4.31 Å². The van der Waals surface area contributed by atoms with E-state index in [-0.39, 0.29) is 23.0 Å². The van der Waals surface area contributed by atoms with Crippen LogP contribution in [0.25, 0.3) is 0 Å². The largest absolute Gasteiger partial charge is 0.492 e. The quantitative estimate of drug-likeness (QED) is 0.613. The van der Waals surface area contributed by atoms with Gasteiger partial charge in [-0.25, -0.2) is 8.42 Å². The van der Waals surface area contributed by atoms with E-state index in [0.29, 0.717) is 28.1 Å². The van der Waals surface area contributed by atoms with Gasteiger partial charge in [0.25, 0.3) is 0 Å². The highest BCUT2D eigenvalue weighted by molar-refractivity contribution is 7.89. The van der Waals surface area contributed by atoms with Crippen molar-refractivity contribution >= 4 is 56.4 Å². The van der Waals surface area contributed by atoms with Crippen molar-refractivity contribution < 1.29 is 17.9 Å². The van der Waals surface area contributed by atoms with Gasteiger partial charge in [0, 0.05) is 22.3 Å². The summed E-state index contributed by atoms with van der Waals surface area (Å²) in [5.41, 5.74) is 0.375. The first kappa shape index (κ1) is 22.8. The van der Waals surface area contributed by atoms with Gasteiger partial charge in [-0.3, -0.25) is 4.79 Å². The Morgan fingerprint density at radius 3 is 2.25 bits per heavy atom. The number of hydrogen-bond acceptors (Lipinski definition) is 4. The number of halogens is 3. The lowest BCUT2D eigenvalue weighted by Crippen LogP contribution is -2.37. The van der Waals surface area contributed by atoms with Crippen LogP contribution in [-0.2, 0) is 14.8 Å². The Bertz CT molecular complexity index is 947. The first-order valence-corrected chi connectivity index (χ1v) is 10.9. The van der Waals surface area contributed by atoms with E-state index in [2.05, 4.69) is 5.32 Å². The lowest BCUT2D eigenvalue weighted by molar-refractivity contribution is -0.116. The molecule has 0 aliphatic carbocycles. The van der Waals surface area contributed by atoms with E-state index in [9.17, 15) is 13.2 Å². The number of carbonyl (C=O) groups excluding carboxylic acids is 1. The molecule has 0 aliphatic rings. The third-order valence-corrected chi connectivity index (χ3v) is 6.31. The van der Waals surface area contributed by atoms with Crippen LogP contribution >= 0.6 is 34.8 Å². The van der Waals surface area contributed by atoms with Crippen molar-refractivity contribution in [1.82, 2.24) is 4.31 Å². The van der Waals surface area contributed by atoms with Gasteiger partial charge >= 0.3 is 0 Å². The number of rotatable bonds is 8. The molecular formula is C18H19Cl3N2O4S. The average molecular weight is 466 g/mol. The number of carbonyl (C=O) groups is 1. The minimum atomic E-state index is -3.93. The van der Waals surface area contributed by atoms with Crippen molar-refractivity contribution in [2.45, 2.75) is 18.7 Å². The minimum Gasteiger partial charge on any atom is -0.492 e. The highest BCUT2D eigenvalue weighted by Gasteiger charge is 2.26. The normalized spacial score (nSPS) is 11.5. The van der Waals surface area contributed by atoms with Gasteiger partial charge in [0.2, 0.25) is 15.9 Å². The van der Waals surface area contributed by atoms with Crippen molar-refractivity contribution in [3.8, 4) is 5.75 Å². The number of nitrogens with zero attached hydrogens (tertiary/aromatic N) is 1. The molecule has 0 saturated heterocycles. The van der Waals surface area contributed by atoms with Crippen LogP contribution in [0.2, 0.25) is 15.1 Å². The molecule has 0 atom stereocenters. The number of anilines is 1. The zero-order valence-electron chi connectivity index (χ0n) is 15.2. The zero-order chi connectivity index (χ0) is 20.9. The summed E-state index contributed by atoms with van der Waals surface area (Å²) in [5, 5.41) is 3.47.